The molecule has 0 amide bonds. The van der Waals surface area contributed by atoms with Gasteiger partial charge in [-0.05, 0) is 44.8 Å². The molecule has 0 aliphatic carbocycles. The summed E-state index contributed by atoms with van der Waals surface area (Å²) in [7, 11) is 0. The molecule has 0 aliphatic rings. The van der Waals surface area contributed by atoms with Gasteiger partial charge in [0.1, 0.15) is 0 Å². The van der Waals surface area contributed by atoms with E-state index in [4.69, 9.17) is 5.84 Å². The normalized spacial score (nSPS) is 12.9. The van der Waals surface area contributed by atoms with E-state index in [1.54, 1.807) is 11.3 Å². The number of halogens is 2. The number of aryl methyl sites for hydroxylation is 1. The number of hydrazine groups is 1. The lowest BCUT2D eigenvalue weighted by Gasteiger charge is -2.11. The average molecular weight is 380 g/mol. The van der Waals surface area contributed by atoms with E-state index in [1.165, 1.54) is 0 Å². The molecule has 0 aromatic carbocycles. The van der Waals surface area contributed by atoms with Crippen LogP contribution in [0.5, 0.6) is 0 Å². The molecule has 0 spiro atoms. The van der Waals surface area contributed by atoms with Crippen molar-refractivity contribution in [1.82, 2.24) is 15.2 Å². The van der Waals surface area contributed by atoms with Crippen LogP contribution < -0.4 is 11.3 Å². The molecule has 1 unspecified atom stereocenters. The SMILES string of the molecule is CCn1cc(C(NN)c2cc(Br)c(Br)s2)cn1. The van der Waals surface area contributed by atoms with Gasteiger partial charge in [-0.1, -0.05) is 0 Å². The number of nitrogens with zero attached hydrogens (tertiary/aromatic N) is 2. The van der Waals surface area contributed by atoms with Crippen molar-refractivity contribution < 1.29 is 0 Å². The summed E-state index contributed by atoms with van der Waals surface area (Å²) in [5.74, 6) is 5.64. The summed E-state index contributed by atoms with van der Waals surface area (Å²) >= 11 is 8.62. The molecule has 2 heterocycles. The Hall–Kier alpha value is -0.210. The Kier molecular flexibility index (Phi) is 4.37. The standard InChI is InChI=1S/C10H12Br2N4S/c1-2-16-5-6(4-14-16)9(15-13)8-3-7(11)10(12)17-8/h3-5,9,15H,2,13H2,1H3. The quantitative estimate of drug-likeness (QED) is 0.634. The minimum absolute atomic E-state index is 0.0251. The van der Waals surface area contributed by atoms with Crippen LogP contribution in [0.15, 0.2) is 26.7 Å². The van der Waals surface area contributed by atoms with Crippen molar-refractivity contribution in [3.05, 3.63) is 37.2 Å². The summed E-state index contributed by atoms with van der Waals surface area (Å²) < 4.78 is 3.99. The maximum absolute atomic E-state index is 5.64. The monoisotopic (exact) mass is 378 g/mol. The van der Waals surface area contributed by atoms with Crippen LogP contribution in [-0.2, 0) is 6.54 Å². The van der Waals surface area contributed by atoms with Gasteiger partial charge in [-0.3, -0.25) is 10.5 Å². The predicted molar refractivity (Wildman–Crippen MR) is 76.8 cm³/mol. The van der Waals surface area contributed by atoms with Gasteiger partial charge >= 0.3 is 0 Å². The molecule has 7 heteroatoms. The molecule has 4 nitrogen and oxygen atoms in total. The van der Waals surface area contributed by atoms with Gasteiger partial charge < -0.3 is 0 Å². The Morgan fingerprint density at radius 1 is 1.59 bits per heavy atom. The molecule has 0 saturated heterocycles. The van der Waals surface area contributed by atoms with Gasteiger partial charge in [-0.15, -0.1) is 11.3 Å². The van der Waals surface area contributed by atoms with Gasteiger partial charge in [-0.2, -0.15) is 5.10 Å². The molecule has 2 aromatic heterocycles. The van der Waals surface area contributed by atoms with Crippen molar-refractivity contribution in [2.24, 2.45) is 5.84 Å². The van der Waals surface area contributed by atoms with E-state index in [1.807, 2.05) is 17.1 Å². The van der Waals surface area contributed by atoms with Crippen LogP contribution in [0.1, 0.15) is 23.4 Å². The van der Waals surface area contributed by atoms with Gasteiger partial charge in [0, 0.05) is 27.7 Å². The van der Waals surface area contributed by atoms with Crippen molar-refractivity contribution >= 4 is 43.2 Å². The van der Waals surface area contributed by atoms with Gasteiger partial charge in [0.05, 0.1) is 16.0 Å². The second kappa shape index (κ2) is 5.62. The molecule has 0 radical (unpaired) electrons. The summed E-state index contributed by atoms with van der Waals surface area (Å²) in [6.07, 6.45) is 3.85. The molecule has 1 atom stereocenters. The minimum Gasteiger partial charge on any atom is -0.273 e. The van der Waals surface area contributed by atoms with E-state index in [2.05, 4.69) is 55.4 Å². The first kappa shape index (κ1) is 13.2. The lowest BCUT2D eigenvalue weighted by molar-refractivity contribution is 0.637. The van der Waals surface area contributed by atoms with Crippen molar-refractivity contribution in [3.63, 3.8) is 0 Å². The molecular formula is C10H12Br2N4S. The molecule has 17 heavy (non-hydrogen) atoms. The Labute approximate surface area is 120 Å². The zero-order valence-corrected chi connectivity index (χ0v) is 13.1. The molecule has 92 valence electrons. The van der Waals surface area contributed by atoms with Gasteiger partial charge in [0.2, 0.25) is 0 Å². The van der Waals surface area contributed by atoms with E-state index in [-0.39, 0.29) is 6.04 Å². The average Bonchev–Trinajstić information content (AvgIpc) is 2.89. The highest BCUT2D eigenvalue weighted by Gasteiger charge is 2.18. The highest BCUT2D eigenvalue weighted by atomic mass is 79.9. The summed E-state index contributed by atoms with van der Waals surface area (Å²) in [5.41, 5.74) is 3.89. The Morgan fingerprint density at radius 2 is 2.35 bits per heavy atom. The van der Waals surface area contributed by atoms with E-state index in [0.717, 1.165) is 25.2 Å². The number of thiophene rings is 1. The summed E-state index contributed by atoms with van der Waals surface area (Å²) in [5, 5.41) is 4.26. The second-order valence-electron chi connectivity index (χ2n) is 3.50. The van der Waals surface area contributed by atoms with E-state index in [0.29, 0.717) is 0 Å². The minimum atomic E-state index is -0.0251. The van der Waals surface area contributed by atoms with E-state index in [9.17, 15) is 0 Å². The lowest BCUT2D eigenvalue weighted by atomic mass is 10.1. The van der Waals surface area contributed by atoms with Crippen molar-refractivity contribution in [2.45, 2.75) is 19.5 Å². The lowest BCUT2D eigenvalue weighted by Crippen LogP contribution is -2.27. The third-order valence-electron chi connectivity index (χ3n) is 2.43. The van der Waals surface area contributed by atoms with Gasteiger partial charge in [0.15, 0.2) is 0 Å². The first-order valence-electron chi connectivity index (χ1n) is 5.09. The number of nitrogens with two attached hydrogens (primary N) is 1. The first-order valence-corrected chi connectivity index (χ1v) is 7.49. The molecule has 3 N–H and O–H groups in total. The van der Waals surface area contributed by atoms with Crippen LogP contribution in [0.3, 0.4) is 0 Å². The van der Waals surface area contributed by atoms with Crippen LogP contribution in [0.2, 0.25) is 0 Å². The third kappa shape index (κ3) is 2.79. The Bertz CT molecular complexity index is 489. The fourth-order valence-electron chi connectivity index (χ4n) is 1.55. The fraction of sp³-hybridized carbons (Fsp3) is 0.300. The maximum atomic E-state index is 5.64. The Morgan fingerprint density at radius 3 is 2.82 bits per heavy atom. The first-order chi connectivity index (χ1) is 8.15. The predicted octanol–water partition coefficient (Wildman–Crippen LogP) is 3.04. The van der Waals surface area contributed by atoms with Crippen molar-refractivity contribution in [1.29, 1.82) is 0 Å². The molecule has 0 bridgehead atoms. The summed E-state index contributed by atoms with van der Waals surface area (Å²) in [6.45, 7) is 2.91. The highest BCUT2D eigenvalue weighted by Crippen LogP contribution is 2.37. The van der Waals surface area contributed by atoms with E-state index < -0.39 is 0 Å². The van der Waals surface area contributed by atoms with Crippen LogP contribution >= 0.6 is 43.2 Å². The number of rotatable bonds is 4. The van der Waals surface area contributed by atoms with Crippen molar-refractivity contribution in [3.8, 4) is 0 Å². The topological polar surface area (TPSA) is 55.9 Å². The van der Waals surface area contributed by atoms with Crippen LogP contribution in [0.25, 0.3) is 0 Å². The Balaban J connectivity index is 2.32. The molecule has 0 fully saturated rings. The van der Waals surface area contributed by atoms with Crippen LogP contribution in [-0.4, -0.2) is 9.78 Å². The smallest absolute Gasteiger partial charge is 0.0843 e. The summed E-state index contributed by atoms with van der Waals surface area (Å²) in [4.78, 5) is 1.14. The molecular weight excluding hydrogens is 368 g/mol. The number of nitrogens with one attached hydrogen (secondary N) is 1. The molecule has 0 aliphatic heterocycles. The number of hydrogen-bond acceptors (Lipinski definition) is 4. The van der Waals surface area contributed by atoms with Gasteiger partial charge in [0.25, 0.3) is 0 Å². The molecule has 0 saturated carbocycles. The maximum Gasteiger partial charge on any atom is 0.0843 e. The molecule has 2 aromatic rings. The summed E-state index contributed by atoms with van der Waals surface area (Å²) in [6, 6.07) is 2.03. The van der Waals surface area contributed by atoms with Crippen LogP contribution in [0.4, 0.5) is 0 Å². The highest BCUT2D eigenvalue weighted by molar-refractivity contribution is 9.13. The van der Waals surface area contributed by atoms with Crippen molar-refractivity contribution in [2.75, 3.05) is 0 Å². The fourth-order valence-corrected chi connectivity index (χ4v) is 3.73. The van der Waals surface area contributed by atoms with Gasteiger partial charge in [-0.25, -0.2) is 5.43 Å². The van der Waals surface area contributed by atoms with Crippen LogP contribution in [0, 0.1) is 0 Å². The zero-order chi connectivity index (χ0) is 12.4. The number of aromatic nitrogens is 2. The largest absolute Gasteiger partial charge is 0.273 e. The number of hydrogen-bond donors (Lipinski definition) is 2. The zero-order valence-electron chi connectivity index (χ0n) is 9.15. The van der Waals surface area contributed by atoms with E-state index >= 15 is 0 Å². The second-order valence-corrected chi connectivity index (χ2v) is 6.76. The third-order valence-corrected chi connectivity index (χ3v) is 5.75. The molecule has 2 rings (SSSR count).